The number of benzene rings is 1. The van der Waals surface area contributed by atoms with E-state index in [1.54, 1.807) is 0 Å². The molecule has 74 heavy (non-hydrogen) atoms. The normalized spacial score (nSPS) is 12.6. The van der Waals surface area contributed by atoms with Crippen LogP contribution in [0.5, 0.6) is 0 Å². The Morgan fingerprint density at radius 2 is 0.378 bits per heavy atom. The Kier molecular flexibility index (Phi) is 44.0. The summed E-state index contributed by atoms with van der Waals surface area (Å²) >= 11 is 0. The molecule has 1 aromatic rings. The second-order valence-electron chi connectivity index (χ2n) is 22.6. The second kappa shape index (κ2) is 45.8. The highest BCUT2D eigenvalue weighted by Gasteiger charge is 2.36. The molecule has 0 saturated heterocycles. The van der Waals surface area contributed by atoms with Crippen molar-refractivity contribution in [3.63, 3.8) is 0 Å². The molecule has 0 bridgehead atoms. The monoisotopic (exact) mass is 1120 g/mol. The van der Waals surface area contributed by atoms with Gasteiger partial charge in [-0.25, -0.2) is 33.7 Å². The highest BCUT2D eigenvalue weighted by molar-refractivity contribution is 7.96. The highest BCUT2D eigenvalue weighted by atomic mass is 32.2. The summed E-state index contributed by atoms with van der Waals surface area (Å²) in [5.74, 6) is -1.39. The maximum atomic E-state index is 14.7. The van der Waals surface area contributed by atoms with Crippen molar-refractivity contribution in [2.75, 3.05) is 23.0 Å². The first-order chi connectivity index (χ1) is 35.7. The smallest absolute Gasteiger partial charge is 0.180 e. The number of unbranched alkanes of at least 4 members (excludes halogenated alkanes) is 44. The molecule has 8 nitrogen and oxygen atoms in total. The molecule has 0 aliphatic heterocycles. The Balaban J connectivity index is 3.37. The first kappa shape index (κ1) is 71.0. The van der Waals surface area contributed by atoms with Gasteiger partial charge in [0.05, 0.1) is 37.7 Å². The van der Waals surface area contributed by atoms with Gasteiger partial charge in [0.2, 0.25) is 0 Å². The first-order valence-corrected chi connectivity index (χ1v) is 38.4. The first-order valence-electron chi connectivity index (χ1n) is 31.8. The van der Waals surface area contributed by atoms with Crippen molar-refractivity contribution in [1.29, 1.82) is 0 Å². The summed E-state index contributed by atoms with van der Waals surface area (Å²) in [5.41, 5.74) is 0. The molecule has 0 unspecified atom stereocenters. The van der Waals surface area contributed by atoms with Crippen molar-refractivity contribution in [3.05, 3.63) is 12.1 Å². The maximum Gasteiger partial charge on any atom is 0.180 e. The largest absolute Gasteiger partial charge is 0.224 e. The van der Waals surface area contributed by atoms with Crippen LogP contribution >= 0.6 is 0 Å². The van der Waals surface area contributed by atoms with E-state index in [2.05, 4.69) is 27.7 Å². The lowest BCUT2D eigenvalue weighted by molar-refractivity contribution is 0.542. The lowest BCUT2D eigenvalue weighted by Gasteiger charge is -2.19. The molecule has 0 radical (unpaired) electrons. The standard InChI is InChI=1S/C62H118O8S4/c1-5-9-13-17-21-25-29-33-37-41-45-49-53-71(63,64)59-57-60(72(65,66)54-50-46-42-38-34-30-26-22-18-14-10-6-2)62(74(69,70)56-52-48-44-40-36-32-28-24-20-16-12-8-4)61(58-59)73(67,68)55-51-47-43-39-35-31-27-23-19-15-11-7-3/h57-58H,5-56H2,1-4H3. The van der Waals surface area contributed by atoms with Gasteiger partial charge < -0.3 is 0 Å². The molecule has 0 aliphatic carbocycles. The fraction of sp³-hybridized carbons (Fsp3) is 0.903. The summed E-state index contributed by atoms with van der Waals surface area (Å²) in [4.78, 5) is -2.36. The average molecular weight is 1120 g/mol. The van der Waals surface area contributed by atoms with Crippen molar-refractivity contribution in [3.8, 4) is 0 Å². The molecule has 0 heterocycles. The van der Waals surface area contributed by atoms with E-state index in [0.29, 0.717) is 32.1 Å². The van der Waals surface area contributed by atoms with Gasteiger partial charge >= 0.3 is 0 Å². The molecule has 12 heteroatoms. The molecule has 0 atom stereocenters. The van der Waals surface area contributed by atoms with Gasteiger partial charge in [-0.3, -0.25) is 0 Å². The zero-order valence-electron chi connectivity index (χ0n) is 48.8. The number of sulfone groups is 4. The Hall–Kier alpha value is -0.980. The maximum absolute atomic E-state index is 14.7. The summed E-state index contributed by atoms with van der Waals surface area (Å²) < 4.78 is 116. The topological polar surface area (TPSA) is 137 Å². The van der Waals surface area contributed by atoms with Gasteiger partial charge in [0.1, 0.15) is 4.90 Å². The third-order valence-corrected chi connectivity index (χ3v) is 23.0. The van der Waals surface area contributed by atoms with Crippen molar-refractivity contribution >= 4 is 39.3 Å². The molecule has 0 amide bonds. The summed E-state index contributed by atoms with van der Waals surface area (Å²) in [6, 6.07) is 2.04. The third-order valence-electron chi connectivity index (χ3n) is 15.4. The predicted molar refractivity (Wildman–Crippen MR) is 319 cm³/mol. The molecule has 0 fully saturated rings. The van der Waals surface area contributed by atoms with Crippen LogP contribution in [0.25, 0.3) is 0 Å². The minimum Gasteiger partial charge on any atom is -0.224 e. The molecular formula is C62H118O8S4. The number of hydrogen-bond acceptors (Lipinski definition) is 8. The Morgan fingerprint density at radius 3 is 0.581 bits per heavy atom. The van der Waals surface area contributed by atoms with Crippen LogP contribution in [-0.2, 0) is 39.3 Å². The molecule has 0 saturated carbocycles. The van der Waals surface area contributed by atoms with Crippen LogP contribution in [0.1, 0.15) is 336 Å². The molecule has 0 spiro atoms. The summed E-state index contributed by atoms with van der Waals surface area (Å²) in [7, 11) is -17.4. The van der Waals surface area contributed by atoms with E-state index in [4.69, 9.17) is 0 Å². The summed E-state index contributed by atoms with van der Waals surface area (Å²) in [5, 5.41) is 0. The van der Waals surface area contributed by atoms with Gasteiger partial charge in [0, 0.05) is 0 Å². The summed E-state index contributed by atoms with van der Waals surface area (Å²) in [6.07, 6.45) is 50.3. The molecular weight excluding hydrogens is 1000 g/mol. The molecule has 438 valence electrons. The van der Waals surface area contributed by atoms with Crippen LogP contribution in [0.3, 0.4) is 0 Å². The van der Waals surface area contributed by atoms with E-state index < -0.39 is 64.7 Å². The van der Waals surface area contributed by atoms with Crippen molar-refractivity contribution < 1.29 is 33.7 Å². The van der Waals surface area contributed by atoms with Crippen LogP contribution in [0.4, 0.5) is 0 Å². The van der Waals surface area contributed by atoms with E-state index in [1.165, 1.54) is 161 Å². The number of rotatable bonds is 56. The van der Waals surface area contributed by atoms with E-state index >= 15 is 0 Å². The molecule has 0 aliphatic rings. The molecule has 0 aromatic heterocycles. The minimum atomic E-state index is -4.47. The summed E-state index contributed by atoms with van der Waals surface area (Å²) in [6.45, 7) is 8.89. The van der Waals surface area contributed by atoms with Gasteiger partial charge in [0.25, 0.3) is 0 Å². The van der Waals surface area contributed by atoms with Gasteiger partial charge in [-0.05, 0) is 37.8 Å². The van der Waals surface area contributed by atoms with E-state index in [9.17, 15) is 33.7 Å². The quantitative estimate of drug-likeness (QED) is 0.0588. The average Bonchev–Trinajstić information content (AvgIpc) is 3.37. The van der Waals surface area contributed by atoms with E-state index in [0.717, 1.165) is 108 Å². The Bertz CT molecular complexity index is 1850. The van der Waals surface area contributed by atoms with Gasteiger partial charge in [0.15, 0.2) is 39.3 Å². The van der Waals surface area contributed by atoms with Crippen molar-refractivity contribution in [2.24, 2.45) is 0 Å². The molecule has 0 N–H and O–H groups in total. The zero-order valence-corrected chi connectivity index (χ0v) is 52.1. The zero-order chi connectivity index (χ0) is 54.5. The number of hydrogen-bond donors (Lipinski definition) is 0. The van der Waals surface area contributed by atoms with Crippen LogP contribution in [0.2, 0.25) is 0 Å². The Morgan fingerprint density at radius 1 is 0.216 bits per heavy atom. The molecule has 1 aromatic carbocycles. The fourth-order valence-electron chi connectivity index (χ4n) is 10.5. The third kappa shape index (κ3) is 35.5. The van der Waals surface area contributed by atoms with Crippen LogP contribution in [0, 0.1) is 0 Å². The Labute approximate surface area is 460 Å². The van der Waals surface area contributed by atoms with Gasteiger partial charge in [-0.15, -0.1) is 0 Å². The second-order valence-corrected chi connectivity index (χ2v) is 30.9. The van der Waals surface area contributed by atoms with E-state index in [-0.39, 0.29) is 36.5 Å². The van der Waals surface area contributed by atoms with E-state index in [1.807, 2.05) is 0 Å². The van der Waals surface area contributed by atoms with Gasteiger partial charge in [-0.1, -0.05) is 310 Å². The lowest BCUT2D eigenvalue weighted by atomic mass is 10.1. The van der Waals surface area contributed by atoms with Crippen LogP contribution in [-0.4, -0.2) is 56.7 Å². The van der Waals surface area contributed by atoms with Crippen molar-refractivity contribution in [2.45, 2.75) is 355 Å². The lowest BCUT2D eigenvalue weighted by Crippen LogP contribution is -2.22. The highest BCUT2D eigenvalue weighted by Crippen LogP contribution is 2.36. The van der Waals surface area contributed by atoms with Gasteiger partial charge in [-0.2, -0.15) is 0 Å². The predicted octanol–water partition coefficient (Wildman–Crippen LogP) is 19.6. The van der Waals surface area contributed by atoms with Crippen LogP contribution in [0.15, 0.2) is 31.7 Å². The minimum absolute atomic E-state index is 0.258. The van der Waals surface area contributed by atoms with Crippen molar-refractivity contribution in [1.82, 2.24) is 0 Å². The molecule has 1 rings (SSSR count). The SMILES string of the molecule is CCCCCCCCCCCCCCS(=O)(=O)c1cc(S(=O)(=O)CCCCCCCCCCCCCC)c(S(=O)(=O)CCCCCCCCCCCCCC)c(S(=O)(=O)CCCCCCCCCCCCCC)c1. The fourth-order valence-corrected chi connectivity index (χ4v) is 18.2. The van der Waals surface area contributed by atoms with Crippen LogP contribution < -0.4 is 0 Å².